The molecule has 0 amide bonds. The maximum Gasteiger partial charge on any atom is 0.314 e. The molecule has 0 bridgehead atoms. The van der Waals surface area contributed by atoms with E-state index in [4.69, 9.17) is 5.11 Å². The Balaban J connectivity index is 2.23. The Morgan fingerprint density at radius 2 is 2.12 bits per heavy atom. The van der Waals surface area contributed by atoms with Crippen LogP contribution in [0.5, 0.6) is 0 Å². The summed E-state index contributed by atoms with van der Waals surface area (Å²) in [7, 11) is 0. The molecule has 17 heavy (non-hydrogen) atoms. The molecule has 0 unspecified atom stereocenters. The van der Waals surface area contributed by atoms with Gasteiger partial charge < -0.3 is 10.4 Å². The minimum absolute atomic E-state index is 0.0381. The Kier molecular flexibility index (Phi) is 3.56. The number of anilines is 2. The van der Waals surface area contributed by atoms with Crippen LogP contribution in [-0.2, 0) is 6.42 Å². The van der Waals surface area contributed by atoms with Crippen molar-refractivity contribution in [1.29, 1.82) is 0 Å². The molecular weight excluding hydrogens is 223 g/mol. The van der Waals surface area contributed by atoms with Gasteiger partial charge in [0.1, 0.15) is 0 Å². The Hall–Kier alpha value is -2.08. The minimum atomic E-state index is -0.887. The van der Waals surface area contributed by atoms with Gasteiger partial charge in [-0.25, -0.2) is 0 Å². The van der Waals surface area contributed by atoms with Crippen LogP contribution in [0.1, 0.15) is 5.56 Å². The molecule has 0 aliphatic carbocycles. The summed E-state index contributed by atoms with van der Waals surface area (Å²) in [6.07, 6.45) is 1.77. The summed E-state index contributed by atoms with van der Waals surface area (Å²) >= 11 is 0. The normalized spacial score (nSPS) is 10.2. The average Bonchev–Trinajstić information content (AvgIpc) is 2.32. The number of para-hydroxylation sites is 1. The highest BCUT2D eigenvalue weighted by atomic mass is 19.1. The summed E-state index contributed by atoms with van der Waals surface area (Å²) in [6, 6.07) is 7.34. The van der Waals surface area contributed by atoms with E-state index >= 15 is 0 Å². The lowest BCUT2D eigenvalue weighted by Crippen LogP contribution is -2.03. The number of aromatic nitrogens is 3. The highest BCUT2D eigenvalue weighted by Crippen LogP contribution is 2.18. The lowest BCUT2D eigenvalue weighted by atomic mass is 10.1. The molecular formula is C11H10FN4O. The van der Waals surface area contributed by atoms with Crippen LogP contribution in [0.4, 0.5) is 16.0 Å². The van der Waals surface area contributed by atoms with Crippen molar-refractivity contribution in [2.75, 3.05) is 11.9 Å². The molecule has 87 valence electrons. The highest BCUT2D eigenvalue weighted by molar-refractivity contribution is 5.58. The van der Waals surface area contributed by atoms with Gasteiger partial charge in [-0.2, -0.15) is 19.3 Å². The molecule has 1 aromatic heterocycles. The van der Waals surface area contributed by atoms with Crippen LogP contribution in [0, 0.1) is 12.4 Å². The first-order valence-corrected chi connectivity index (χ1v) is 5.03. The molecule has 2 N–H and O–H groups in total. The molecule has 6 heteroatoms. The number of hydrogen-bond donors (Lipinski definition) is 2. The van der Waals surface area contributed by atoms with Gasteiger partial charge in [-0.3, -0.25) is 0 Å². The lowest BCUT2D eigenvalue weighted by Gasteiger charge is -2.09. The molecule has 1 radical (unpaired) electrons. The second kappa shape index (κ2) is 5.31. The van der Waals surface area contributed by atoms with E-state index in [-0.39, 0.29) is 12.6 Å². The topological polar surface area (TPSA) is 70.9 Å². The van der Waals surface area contributed by atoms with E-state index in [1.165, 1.54) is 0 Å². The summed E-state index contributed by atoms with van der Waals surface area (Å²) in [6.45, 7) is 0.0381. The van der Waals surface area contributed by atoms with Crippen LogP contribution < -0.4 is 5.32 Å². The molecule has 2 rings (SSSR count). The van der Waals surface area contributed by atoms with E-state index < -0.39 is 6.08 Å². The van der Waals surface area contributed by atoms with Crippen molar-refractivity contribution in [3.05, 3.63) is 42.2 Å². The van der Waals surface area contributed by atoms with E-state index in [9.17, 15) is 4.39 Å². The first-order chi connectivity index (χ1) is 8.29. The molecule has 0 saturated heterocycles. The number of nitrogens with zero attached hydrogens (tertiary/aromatic N) is 3. The van der Waals surface area contributed by atoms with E-state index in [1.54, 1.807) is 6.07 Å². The van der Waals surface area contributed by atoms with Gasteiger partial charge in [0.25, 0.3) is 0 Å². The van der Waals surface area contributed by atoms with Crippen LogP contribution in [0.25, 0.3) is 0 Å². The summed E-state index contributed by atoms with van der Waals surface area (Å²) in [5.41, 5.74) is 1.62. The summed E-state index contributed by atoms with van der Waals surface area (Å²) in [5.74, 6) is 0.0860. The van der Waals surface area contributed by atoms with Crippen LogP contribution in [0.15, 0.2) is 24.3 Å². The van der Waals surface area contributed by atoms with Crippen LogP contribution in [-0.4, -0.2) is 26.7 Å². The fraction of sp³-hybridized carbons (Fsp3) is 0.182. The predicted molar refractivity (Wildman–Crippen MR) is 59.1 cm³/mol. The van der Waals surface area contributed by atoms with Crippen molar-refractivity contribution in [2.45, 2.75) is 6.42 Å². The SMILES string of the molecule is OCCc1ccccc1Nc1n[c]nc(F)n1. The first-order valence-electron chi connectivity index (χ1n) is 5.03. The third-order valence-corrected chi connectivity index (χ3v) is 2.14. The molecule has 0 fully saturated rings. The highest BCUT2D eigenvalue weighted by Gasteiger charge is 2.04. The molecule has 0 aliphatic heterocycles. The van der Waals surface area contributed by atoms with Crippen LogP contribution >= 0.6 is 0 Å². The molecule has 1 aromatic carbocycles. The molecule has 0 aliphatic rings. The third kappa shape index (κ3) is 2.94. The average molecular weight is 233 g/mol. The molecule has 2 aromatic rings. The monoisotopic (exact) mass is 233 g/mol. The zero-order valence-corrected chi connectivity index (χ0v) is 8.89. The van der Waals surface area contributed by atoms with Gasteiger partial charge in [-0.15, -0.1) is 0 Å². The number of aliphatic hydroxyl groups is 1. The van der Waals surface area contributed by atoms with E-state index in [2.05, 4.69) is 26.6 Å². The van der Waals surface area contributed by atoms with Gasteiger partial charge in [-0.1, -0.05) is 18.2 Å². The number of benzene rings is 1. The predicted octanol–water partition coefficient (Wildman–Crippen LogP) is 1.09. The van der Waals surface area contributed by atoms with Crippen molar-refractivity contribution in [3.8, 4) is 0 Å². The van der Waals surface area contributed by atoms with Crippen LogP contribution in [0.2, 0.25) is 0 Å². The Labute approximate surface area is 97.4 Å². The van der Waals surface area contributed by atoms with Crippen molar-refractivity contribution in [2.24, 2.45) is 0 Å². The van der Waals surface area contributed by atoms with E-state index in [1.807, 2.05) is 18.2 Å². The number of nitrogens with one attached hydrogen (secondary N) is 1. The number of rotatable bonds is 4. The van der Waals surface area contributed by atoms with Crippen molar-refractivity contribution in [1.82, 2.24) is 15.0 Å². The molecule has 5 nitrogen and oxygen atoms in total. The fourth-order valence-electron chi connectivity index (χ4n) is 1.41. The van der Waals surface area contributed by atoms with Crippen molar-refractivity contribution < 1.29 is 9.50 Å². The van der Waals surface area contributed by atoms with Crippen molar-refractivity contribution >= 4 is 11.6 Å². The molecule has 1 heterocycles. The van der Waals surface area contributed by atoms with Gasteiger partial charge in [-0.05, 0) is 18.1 Å². The molecule has 0 atom stereocenters. The molecule has 0 spiro atoms. The second-order valence-corrected chi connectivity index (χ2v) is 3.28. The van der Waals surface area contributed by atoms with Gasteiger partial charge in [0.2, 0.25) is 12.3 Å². The summed E-state index contributed by atoms with van der Waals surface area (Å²) in [4.78, 5) is 10.3. The standard InChI is InChI=1S/C11H10FN4O/c12-10-13-7-14-11(16-10)15-9-4-2-1-3-8(9)5-6-17/h1-4,17H,5-6H2,(H,13,14,15,16). The van der Waals surface area contributed by atoms with Gasteiger partial charge >= 0.3 is 6.08 Å². The summed E-state index contributed by atoms with van der Waals surface area (Å²) in [5, 5.41) is 11.8. The largest absolute Gasteiger partial charge is 0.396 e. The van der Waals surface area contributed by atoms with Crippen molar-refractivity contribution in [3.63, 3.8) is 0 Å². The van der Waals surface area contributed by atoms with E-state index in [0.29, 0.717) is 6.42 Å². The maximum absolute atomic E-state index is 12.7. The van der Waals surface area contributed by atoms with Gasteiger partial charge in [0, 0.05) is 12.3 Å². The number of halogens is 1. The first kappa shape index (κ1) is 11.4. The zero-order valence-electron chi connectivity index (χ0n) is 8.89. The van der Waals surface area contributed by atoms with E-state index in [0.717, 1.165) is 11.3 Å². The third-order valence-electron chi connectivity index (χ3n) is 2.14. The van der Waals surface area contributed by atoms with Crippen LogP contribution in [0.3, 0.4) is 0 Å². The van der Waals surface area contributed by atoms with Gasteiger partial charge in [0.05, 0.1) is 0 Å². The number of aliphatic hydroxyl groups excluding tert-OH is 1. The Bertz CT molecular complexity index is 506. The second-order valence-electron chi connectivity index (χ2n) is 3.28. The Morgan fingerprint density at radius 3 is 2.88 bits per heavy atom. The minimum Gasteiger partial charge on any atom is -0.396 e. The maximum atomic E-state index is 12.7. The zero-order chi connectivity index (χ0) is 12.1. The van der Waals surface area contributed by atoms with Gasteiger partial charge in [0.15, 0.2) is 0 Å². The number of hydrogen-bond acceptors (Lipinski definition) is 5. The Morgan fingerprint density at radius 1 is 1.29 bits per heavy atom. The fourth-order valence-corrected chi connectivity index (χ4v) is 1.41. The smallest absolute Gasteiger partial charge is 0.314 e. The lowest BCUT2D eigenvalue weighted by molar-refractivity contribution is 0.300. The summed E-state index contributed by atoms with van der Waals surface area (Å²) < 4.78 is 12.7. The quantitative estimate of drug-likeness (QED) is 0.827. The molecule has 0 saturated carbocycles.